The summed E-state index contributed by atoms with van der Waals surface area (Å²) < 4.78 is 0. The maximum Gasteiger partial charge on any atom is 0.183 e. The van der Waals surface area contributed by atoms with Crippen molar-refractivity contribution < 1.29 is 0 Å². The van der Waals surface area contributed by atoms with Crippen molar-refractivity contribution in [3.63, 3.8) is 0 Å². The van der Waals surface area contributed by atoms with Gasteiger partial charge in [-0.3, -0.25) is 0 Å². The van der Waals surface area contributed by atoms with Crippen molar-refractivity contribution in [2.24, 2.45) is 0 Å². The Morgan fingerprint density at radius 3 is 3.12 bits per heavy atom. The van der Waals surface area contributed by atoms with Crippen LogP contribution in [0.1, 0.15) is 12.5 Å². The number of anilines is 1. The number of rotatable bonds is 3. The summed E-state index contributed by atoms with van der Waals surface area (Å²) in [6.07, 6.45) is 0. The van der Waals surface area contributed by atoms with E-state index in [0.717, 1.165) is 22.9 Å². The third-order valence-electron chi connectivity index (χ3n) is 2.12. The lowest BCUT2D eigenvalue weighted by Gasteiger charge is -1.97. The summed E-state index contributed by atoms with van der Waals surface area (Å²) in [5.41, 5.74) is 2.56. The molecule has 0 bridgehead atoms. The largest absolute Gasteiger partial charge is 0.362 e. The van der Waals surface area contributed by atoms with E-state index in [2.05, 4.69) is 16.4 Å². The molecule has 16 heavy (non-hydrogen) atoms. The molecule has 0 saturated heterocycles. The van der Waals surface area contributed by atoms with E-state index >= 15 is 0 Å². The number of nitriles is 1. The summed E-state index contributed by atoms with van der Waals surface area (Å²) in [5, 5.41) is 14.9. The maximum absolute atomic E-state index is 8.82. The Morgan fingerprint density at radius 2 is 2.38 bits per heavy atom. The van der Waals surface area contributed by atoms with Gasteiger partial charge in [0.15, 0.2) is 5.13 Å². The van der Waals surface area contributed by atoms with Gasteiger partial charge in [-0.25, -0.2) is 4.98 Å². The molecule has 0 aliphatic heterocycles. The minimum atomic E-state index is 0.663. The van der Waals surface area contributed by atoms with Crippen LogP contribution in [0, 0.1) is 11.3 Å². The fourth-order valence-electron chi connectivity index (χ4n) is 1.39. The van der Waals surface area contributed by atoms with E-state index in [1.165, 1.54) is 0 Å². The van der Waals surface area contributed by atoms with Crippen molar-refractivity contribution >= 4 is 16.5 Å². The molecule has 2 rings (SSSR count). The summed E-state index contributed by atoms with van der Waals surface area (Å²) in [4.78, 5) is 4.44. The number of hydrogen-bond donors (Lipinski definition) is 1. The maximum atomic E-state index is 8.82. The molecule has 1 heterocycles. The van der Waals surface area contributed by atoms with Gasteiger partial charge in [0.25, 0.3) is 0 Å². The molecule has 0 atom stereocenters. The molecule has 1 aromatic heterocycles. The van der Waals surface area contributed by atoms with E-state index in [-0.39, 0.29) is 0 Å². The average molecular weight is 229 g/mol. The van der Waals surface area contributed by atoms with Crippen LogP contribution < -0.4 is 5.32 Å². The lowest BCUT2D eigenvalue weighted by molar-refractivity contribution is 1.19. The molecular weight excluding hydrogens is 218 g/mol. The van der Waals surface area contributed by atoms with Crippen molar-refractivity contribution in [3.05, 3.63) is 35.2 Å². The monoisotopic (exact) mass is 229 g/mol. The highest BCUT2D eigenvalue weighted by Gasteiger charge is 2.04. The number of benzene rings is 1. The molecule has 0 unspecified atom stereocenters. The summed E-state index contributed by atoms with van der Waals surface area (Å²) >= 11 is 1.58. The number of hydrogen-bond acceptors (Lipinski definition) is 4. The van der Waals surface area contributed by atoms with Crippen LogP contribution >= 0.6 is 11.3 Å². The second kappa shape index (κ2) is 4.77. The Kier molecular flexibility index (Phi) is 3.18. The highest BCUT2D eigenvalue weighted by atomic mass is 32.1. The fourth-order valence-corrected chi connectivity index (χ4v) is 2.18. The van der Waals surface area contributed by atoms with Crippen LogP contribution in [0.5, 0.6) is 0 Å². The van der Waals surface area contributed by atoms with Crippen molar-refractivity contribution in [1.82, 2.24) is 4.98 Å². The molecule has 0 aliphatic carbocycles. The van der Waals surface area contributed by atoms with Gasteiger partial charge in [-0.05, 0) is 19.1 Å². The van der Waals surface area contributed by atoms with Gasteiger partial charge in [-0.15, -0.1) is 11.3 Å². The summed E-state index contributed by atoms with van der Waals surface area (Å²) in [7, 11) is 0. The highest BCUT2D eigenvalue weighted by Crippen LogP contribution is 2.25. The Morgan fingerprint density at radius 1 is 1.50 bits per heavy atom. The Bertz CT molecular complexity index is 525. The third kappa shape index (κ3) is 2.20. The standard InChI is InChI=1S/C12H11N3S/c1-2-14-12-15-11(8-16-12)10-5-3-4-9(6-10)7-13/h3-6,8H,2H2,1H3,(H,14,15). The minimum absolute atomic E-state index is 0.663. The van der Waals surface area contributed by atoms with Gasteiger partial charge >= 0.3 is 0 Å². The van der Waals surface area contributed by atoms with Gasteiger partial charge in [0, 0.05) is 17.5 Å². The predicted octanol–water partition coefficient (Wildman–Crippen LogP) is 3.11. The molecule has 4 heteroatoms. The van der Waals surface area contributed by atoms with Gasteiger partial charge in [-0.2, -0.15) is 5.26 Å². The molecule has 0 saturated carbocycles. The first-order chi connectivity index (χ1) is 7.83. The van der Waals surface area contributed by atoms with Gasteiger partial charge < -0.3 is 5.32 Å². The Labute approximate surface area is 98.4 Å². The molecule has 0 fully saturated rings. The Balaban J connectivity index is 2.32. The van der Waals surface area contributed by atoms with Crippen molar-refractivity contribution in [2.45, 2.75) is 6.92 Å². The minimum Gasteiger partial charge on any atom is -0.362 e. The zero-order chi connectivity index (χ0) is 11.4. The van der Waals surface area contributed by atoms with Gasteiger partial charge in [-0.1, -0.05) is 12.1 Å². The topological polar surface area (TPSA) is 48.7 Å². The fraction of sp³-hybridized carbons (Fsp3) is 0.167. The number of aromatic nitrogens is 1. The normalized spacial score (nSPS) is 9.75. The second-order valence-electron chi connectivity index (χ2n) is 3.26. The molecule has 1 N–H and O–H groups in total. The number of thiazole rings is 1. The first-order valence-corrected chi connectivity index (χ1v) is 5.91. The molecule has 80 valence electrons. The lowest BCUT2D eigenvalue weighted by Crippen LogP contribution is -1.94. The van der Waals surface area contributed by atoms with Gasteiger partial charge in [0.2, 0.25) is 0 Å². The summed E-state index contributed by atoms with van der Waals surface area (Å²) in [6, 6.07) is 9.61. The molecule has 1 aromatic carbocycles. The van der Waals surface area contributed by atoms with Crippen LogP contribution in [-0.4, -0.2) is 11.5 Å². The molecule has 0 spiro atoms. The smallest absolute Gasteiger partial charge is 0.183 e. The molecule has 0 amide bonds. The van der Waals surface area contributed by atoms with E-state index < -0.39 is 0 Å². The van der Waals surface area contributed by atoms with E-state index in [1.807, 2.05) is 30.5 Å². The summed E-state index contributed by atoms with van der Waals surface area (Å²) in [6.45, 7) is 2.91. The van der Waals surface area contributed by atoms with E-state index in [1.54, 1.807) is 17.4 Å². The number of nitrogens with one attached hydrogen (secondary N) is 1. The molecule has 3 nitrogen and oxygen atoms in total. The van der Waals surface area contributed by atoms with Crippen LogP contribution in [0.25, 0.3) is 11.3 Å². The first-order valence-electron chi connectivity index (χ1n) is 5.03. The second-order valence-corrected chi connectivity index (χ2v) is 4.12. The number of nitrogens with zero attached hydrogens (tertiary/aromatic N) is 2. The van der Waals surface area contributed by atoms with E-state index in [0.29, 0.717) is 5.56 Å². The first kappa shape index (κ1) is 10.7. The van der Waals surface area contributed by atoms with E-state index in [4.69, 9.17) is 5.26 Å². The van der Waals surface area contributed by atoms with Crippen LogP contribution in [-0.2, 0) is 0 Å². The van der Waals surface area contributed by atoms with Crippen LogP contribution in [0.4, 0.5) is 5.13 Å². The zero-order valence-electron chi connectivity index (χ0n) is 8.90. The SMILES string of the molecule is CCNc1nc(-c2cccc(C#N)c2)cs1. The van der Waals surface area contributed by atoms with Gasteiger partial charge in [0.1, 0.15) is 0 Å². The lowest BCUT2D eigenvalue weighted by atomic mass is 10.1. The highest BCUT2D eigenvalue weighted by molar-refractivity contribution is 7.14. The van der Waals surface area contributed by atoms with Crippen molar-refractivity contribution in [3.8, 4) is 17.3 Å². The van der Waals surface area contributed by atoms with Crippen LogP contribution in [0.2, 0.25) is 0 Å². The molecule has 0 aliphatic rings. The summed E-state index contributed by atoms with van der Waals surface area (Å²) in [5.74, 6) is 0. The van der Waals surface area contributed by atoms with Crippen LogP contribution in [0.15, 0.2) is 29.6 Å². The quantitative estimate of drug-likeness (QED) is 0.879. The third-order valence-corrected chi connectivity index (χ3v) is 2.92. The van der Waals surface area contributed by atoms with Crippen molar-refractivity contribution in [1.29, 1.82) is 5.26 Å². The Hall–Kier alpha value is -1.86. The van der Waals surface area contributed by atoms with Crippen LogP contribution in [0.3, 0.4) is 0 Å². The molecular formula is C12H11N3S. The van der Waals surface area contributed by atoms with Crippen molar-refractivity contribution in [2.75, 3.05) is 11.9 Å². The molecule has 2 aromatic rings. The molecule has 0 radical (unpaired) electrons. The zero-order valence-corrected chi connectivity index (χ0v) is 9.71. The van der Waals surface area contributed by atoms with E-state index in [9.17, 15) is 0 Å². The predicted molar refractivity (Wildman–Crippen MR) is 66.4 cm³/mol. The average Bonchev–Trinajstić information content (AvgIpc) is 2.78. The van der Waals surface area contributed by atoms with Gasteiger partial charge in [0.05, 0.1) is 17.3 Å².